The van der Waals surface area contributed by atoms with Crippen molar-refractivity contribution < 1.29 is 4.79 Å². The summed E-state index contributed by atoms with van der Waals surface area (Å²) >= 11 is 1.75. The van der Waals surface area contributed by atoms with E-state index < -0.39 is 0 Å². The van der Waals surface area contributed by atoms with Gasteiger partial charge in [0, 0.05) is 17.5 Å². The lowest BCUT2D eigenvalue weighted by molar-refractivity contribution is -0.121. The smallest absolute Gasteiger partial charge is 0.224 e. The monoisotopic (exact) mass is 252 g/mol. The quantitative estimate of drug-likeness (QED) is 0.762. The summed E-state index contributed by atoms with van der Waals surface area (Å²) in [5.74, 6) is 0.996. The van der Waals surface area contributed by atoms with E-state index in [0.29, 0.717) is 12.1 Å². The number of thioether (sulfide) groups is 1. The Morgan fingerprint density at radius 3 is 2.76 bits per heavy atom. The van der Waals surface area contributed by atoms with Gasteiger partial charge in [0.1, 0.15) is 0 Å². The van der Waals surface area contributed by atoms with Crippen molar-refractivity contribution in [1.82, 2.24) is 5.32 Å². The highest BCUT2D eigenvalue weighted by atomic mass is 32.2. The number of nitrogens with two attached hydrogens (primary N) is 1. The predicted octanol–water partition coefficient (Wildman–Crippen LogP) is 2.07. The molecule has 0 aliphatic heterocycles. The van der Waals surface area contributed by atoms with Gasteiger partial charge in [-0.25, -0.2) is 0 Å². The number of hydrogen-bond donors (Lipinski definition) is 2. The highest BCUT2D eigenvalue weighted by molar-refractivity contribution is 7.98. The number of hydrogen-bond acceptors (Lipinski definition) is 3. The highest BCUT2D eigenvalue weighted by Gasteiger charge is 2.11. The fourth-order valence-corrected chi connectivity index (χ4v) is 2.33. The molecule has 3 N–H and O–H groups in total. The van der Waals surface area contributed by atoms with Crippen molar-refractivity contribution in [2.45, 2.75) is 25.8 Å². The van der Waals surface area contributed by atoms with Gasteiger partial charge >= 0.3 is 0 Å². The molecule has 0 bridgehead atoms. The van der Waals surface area contributed by atoms with Crippen LogP contribution in [-0.4, -0.2) is 24.0 Å². The van der Waals surface area contributed by atoms with Crippen LogP contribution in [0.1, 0.15) is 18.9 Å². The van der Waals surface area contributed by atoms with Crippen molar-refractivity contribution in [3.05, 3.63) is 29.8 Å². The largest absolute Gasteiger partial charge is 0.398 e. The van der Waals surface area contributed by atoms with Gasteiger partial charge < -0.3 is 11.1 Å². The van der Waals surface area contributed by atoms with Gasteiger partial charge in [0.05, 0.1) is 6.42 Å². The van der Waals surface area contributed by atoms with E-state index >= 15 is 0 Å². The molecule has 1 unspecified atom stereocenters. The number of benzene rings is 1. The molecule has 0 heterocycles. The highest BCUT2D eigenvalue weighted by Crippen LogP contribution is 2.11. The van der Waals surface area contributed by atoms with Crippen LogP contribution in [0.2, 0.25) is 0 Å². The van der Waals surface area contributed by atoms with Crippen molar-refractivity contribution in [3.8, 4) is 0 Å². The fraction of sp³-hybridized carbons (Fsp3) is 0.462. The molecule has 1 atom stereocenters. The van der Waals surface area contributed by atoms with Gasteiger partial charge in [0.25, 0.3) is 0 Å². The second kappa shape index (κ2) is 7.22. The van der Waals surface area contributed by atoms with Crippen LogP contribution in [0.3, 0.4) is 0 Å². The van der Waals surface area contributed by atoms with Gasteiger partial charge in [0.15, 0.2) is 0 Å². The number of nitrogen functional groups attached to an aromatic ring is 1. The summed E-state index contributed by atoms with van der Waals surface area (Å²) in [6, 6.07) is 7.74. The maximum atomic E-state index is 11.8. The normalized spacial score (nSPS) is 12.1. The average molecular weight is 252 g/mol. The molecule has 3 nitrogen and oxygen atoms in total. The molecule has 1 aromatic carbocycles. The maximum absolute atomic E-state index is 11.8. The topological polar surface area (TPSA) is 55.1 Å². The summed E-state index contributed by atoms with van der Waals surface area (Å²) in [5.41, 5.74) is 7.38. The van der Waals surface area contributed by atoms with Crippen LogP contribution in [0.5, 0.6) is 0 Å². The van der Waals surface area contributed by atoms with Gasteiger partial charge in [-0.15, -0.1) is 0 Å². The van der Waals surface area contributed by atoms with Crippen LogP contribution >= 0.6 is 11.8 Å². The first-order valence-corrected chi connectivity index (χ1v) is 7.18. The number of rotatable bonds is 6. The Balaban J connectivity index is 2.52. The Morgan fingerprint density at radius 2 is 2.18 bits per heavy atom. The van der Waals surface area contributed by atoms with E-state index in [4.69, 9.17) is 5.73 Å². The molecule has 0 aliphatic carbocycles. The Bertz CT molecular complexity index is 368. The third-order valence-corrected chi connectivity index (χ3v) is 3.37. The van der Waals surface area contributed by atoms with E-state index in [1.54, 1.807) is 11.8 Å². The van der Waals surface area contributed by atoms with Crippen LogP contribution in [0.15, 0.2) is 24.3 Å². The Morgan fingerprint density at radius 1 is 1.47 bits per heavy atom. The van der Waals surface area contributed by atoms with Gasteiger partial charge in [-0.3, -0.25) is 4.79 Å². The zero-order chi connectivity index (χ0) is 12.7. The van der Waals surface area contributed by atoms with E-state index in [1.807, 2.05) is 30.5 Å². The molecule has 1 aromatic rings. The summed E-state index contributed by atoms with van der Waals surface area (Å²) in [6.07, 6.45) is 3.36. The molecule has 1 amide bonds. The number of carbonyl (C=O) groups is 1. The van der Waals surface area contributed by atoms with Gasteiger partial charge in [-0.1, -0.05) is 25.1 Å². The van der Waals surface area contributed by atoms with Crippen LogP contribution in [0.4, 0.5) is 5.69 Å². The van der Waals surface area contributed by atoms with Gasteiger partial charge in [0.2, 0.25) is 5.91 Å². The van der Waals surface area contributed by atoms with Gasteiger partial charge in [-0.05, 0) is 24.3 Å². The molecule has 0 radical (unpaired) electrons. The van der Waals surface area contributed by atoms with E-state index in [9.17, 15) is 4.79 Å². The minimum Gasteiger partial charge on any atom is -0.398 e. The van der Waals surface area contributed by atoms with Crippen molar-refractivity contribution in [2.24, 2.45) is 0 Å². The average Bonchev–Trinajstić information content (AvgIpc) is 2.31. The van der Waals surface area contributed by atoms with E-state index in [0.717, 1.165) is 17.7 Å². The minimum absolute atomic E-state index is 0.0452. The number of para-hydroxylation sites is 1. The maximum Gasteiger partial charge on any atom is 0.224 e. The first-order chi connectivity index (χ1) is 8.17. The lowest BCUT2D eigenvalue weighted by Crippen LogP contribution is -2.37. The van der Waals surface area contributed by atoms with Crippen molar-refractivity contribution in [3.63, 3.8) is 0 Å². The molecule has 17 heavy (non-hydrogen) atoms. The second-order valence-corrected chi connectivity index (χ2v) is 4.91. The van der Waals surface area contributed by atoms with E-state index in [-0.39, 0.29) is 11.9 Å². The number of carbonyl (C=O) groups excluding carboxylic acids is 1. The Labute approximate surface area is 107 Å². The molecule has 94 valence electrons. The van der Waals surface area contributed by atoms with Crippen LogP contribution in [0, 0.1) is 0 Å². The molecular weight excluding hydrogens is 232 g/mol. The molecule has 0 saturated carbocycles. The molecule has 0 spiro atoms. The first kappa shape index (κ1) is 13.9. The lowest BCUT2D eigenvalue weighted by atomic mass is 10.1. The fourth-order valence-electron chi connectivity index (χ4n) is 1.61. The zero-order valence-electron chi connectivity index (χ0n) is 10.4. The van der Waals surface area contributed by atoms with Crippen molar-refractivity contribution in [1.29, 1.82) is 0 Å². The molecule has 0 saturated heterocycles. The molecular formula is C13H20N2OS. The zero-order valence-corrected chi connectivity index (χ0v) is 11.2. The number of amides is 1. The van der Waals surface area contributed by atoms with Crippen LogP contribution in [0.25, 0.3) is 0 Å². The van der Waals surface area contributed by atoms with Crippen molar-refractivity contribution in [2.75, 3.05) is 17.7 Å². The molecule has 4 heteroatoms. The number of anilines is 1. The Hall–Kier alpha value is -1.16. The summed E-state index contributed by atoms with van der Waals surface area (Å²) < 4.78 is 0. The number of nitrogens with one attached hydrogen (secondary N) is 1. The minimum atomic E-state index is 0.0452. The van der Waals surface area contributed by atoms with Crippen LogP contribution in [-0.2, 0) is 11.2 Å². The summed E-state index contributed by atoms with van der Waals surface area (Å²) in [4.78, 5) is 11.8. The third kappa shape index (κ3) is 4.69. The SMILES string of the molecule is CCC(CSC)NC(=O)Cc1ccccc1N. The standard InChI is InChI=1S/C13H20N2OS/c1-3-11(9-17-2)15-13(16)8-10-6-4-5-7-12(10)14/h4-7,11H,3,8-9,14H2,1-2H3,(H,15,16). The molecule has 0 fully saturated rings. The predicted molar refractivity (Wildman–Crippen MR) is 75.2 cm³/mol. The first-order valence-electron chi connectivity index (χ1n) is 5.79. The summed E-state index contributed by atoms with van der Waals surface area (Å²) in [7, 11) is 0. The third-order valence-electron chi connectivity index (χ3n) is 2.63. The Kier molecular flexibility index (Phi) is 5.91. The van der Waals surface area contributed by atoms with Crippen molar-refractivity contribution >= 4 is 23.4 Å². The van der Waals surface area contributed by atoms with E-state index in [1.165, 1.54) is 0 Å². The molecule has 1 rings (SSSR count). The second-order valence-electron chi connectivity index (χ2n) is 4.00. The summed E-state index contributed by atoms with van der Waals surface area (Å²) in [5, 5.41) is 3.03. The molecule has 0 aliphatic rings. The van der Waals surface area contributed by atoms with Crippen LogP contribution < -0.4 is 11.1 Å². The summed E-state index contributed by atoms with van der Waals surface area (Å²) in [6.45, 7) is 2.08. The van der Waals surface area contributed by atoms with E-state index in [2.05, 4.69) is 12.2 Å². The molecule has 0 aromatic heterocycles. The van der Waals surface area contributed by atoms with Gasteiger partial charge in [-0.2, -0.15) is 11.8 Å². The lowest BCUT2D eigenvalue weighted by Gasteiger charge is -2.16.